The average Bonchev–Trinajstić information content (AvgIpc) is 2.30. The zero-order chi connectivity index (χ0) is 15.0. The zero-order valence-electron chi connectivity index (χ0n) is 10.7. The fraction of sp³-hybridized carbons (Fsp3) is 0.231. The number of halogens is 3. The van der Waals surface area contributed by atoms with E-state index in [9.17, 15) is 14.0 Å². The standard InChI is InChI=1S/C13H11Cl2FN2O2/c1-6(2)10-11(15)17-13(20)18(12(10)19)9-4-3-7(16)5-8(9)14/h3-6H,1-2H3,(H,17,20). The van der Waals surface area contributed by atoms with Crippen LogP contribution in [0.5, 0.6) is 0 Å². The molecule has 0 fully saturated rings. The summed E-state index contributed by atoms with van der Waals surface area (Å²) in [6.45, 7) is 3.55. The molecule has 1 heterocycles. The van der Waals surface area contributed by atoms with Gasteiger partial charge in [-0.25, -0.2) is 13.8 Å². The van der Waals surface area contributed by atoms with Crippen molar-refractivity contribution in [2.45, 2.75) is 19.8 Å². The van der Waals surface area contributed by atoms with Crippen LogP contribution in [0.25, 0.3) is 5.69 Å². The van der Waals surface area contributed by atoms with Crippen molar-refractivity contribution < 1.29 is 4.39 Å². The van der Waals surface area contributed by atoms with Gasteiger partial charge in [0.15, 0.2) is 0 Å². The van der Waals surface area contributed by atoms with Gasteiger partial charge in [0.25, 0.3) is 5.56 Å². The van der Waals surface area contributed by atoms with Crippen molar-refractivity contribution in [2.24, 2.45) is 0 Å². The van der Waals surface area contributed by atoms with E-state index in [-0.39, 0.29) is 27.3 Å². The monoisotopic (exact) mass is 316 g/mol. The predicted octanol–water partition coefficient (Wildman–Crippen LogP) is 3.10. The minimum atomic E-state index is -0.724. The second-order valence-corrected chi connectivity index (χ2v) is 5.33. The molecular weight excluding hydrogens is 306 g/mol. The molecule has 7 heteroatoms. The van der Waals surface area contributed by atoms with Crippen LogP contribution in [-0.2, 0) is 0 Å². The highest BCUT2D eigenvalue weighted by molar-refractivity contribution is 6.32. The Kier molecular flexibility index (Phi) is 4.01. The summed E-state index contributed by atoms with van der Waals surface area (Å²) >= 11 is 11.8. The molecule has 1 aromatic carbocycles. The van der Waals surface area contributed by atoms with E-state index in [2.05, 4.69) is 4.98 Å². The van der Waals surface area contributed by atoms with E-state index < -0.39 is 17.1 Å². The third kappa shape index (κ3) is 2.51. The normalized spacial score (nSPS) is 11.1. The molecular formula is C13H11Cl2FN2O2. The van der Waals surface area contributed by atoms with Crippen molar-refractivity contribution in [3.8, 4) is 5.69 Å². The van der Waals surface area contributed by atoms with Gasteiger partial charge in [-0.1, -0.05) is 37.0 Å². The molecule has 0 aliphatic rings. The number of benzene rings is 1. The minimum absolute atomic E-state index is 0.00415. The highest BCUT2D eigenvalue weighted by atomic mass is 35.5. The number of hydrogen-bond donors (Lipinski definition) is 1. The number of hydrogen-bond acceptors (Lipinski definition) is 2. The minimum Gasteiger partial charge on any atom is -0.297 e. The van der Waals surface area contributed by atoms with E-state index in [4.69, 9.17) is 23.2 Å². The third-order valence-corrected chi connectivity index (χ3v) is 3.42. The molecule has 0 unspecified atom stereocenters. The van der Waals surface area contributed by atoms with E-state index in [0.717, 1.165) is 16.7 Å². The molecule has 1 N–H and O–H groups in total. The molecule has 2 rings (SSSR count). The Balaban J connectivity index is 2.85. The fourth-order valence-electron chi connectivity index (χ4n) is 1.91. The lowest BCUT2D eigenvalue weighted by Crippen LogP contribution is -2.36. The lowest BCUT2D eigenvalue weighted by molar-refractivity contribution is 0.627. The lowest BCUT2D eigenvalue weighted by atomic mass is 10.1. The van der Waals surface area contributed by atoms with Gasteiger partial charge < -0.3 is 0 Å². The molecule has 0 bridgehead atoms. The predicted molar refractivity (Wildman–Crippen MR) is 76.7 cm³/mol. The van der Waals surface area contributed by atoms with Crippen molar-refractivity contribution in [1.82, 2.24) is 9.55 Å². The van der Waals surface area contributed by atoms with E-state index in [1.165, 1.54) is 6.07 Å². The Morgan fingerprint density at radius 2 is 1.90 bits per heavy atom. The third-order valence-electron chi connectivity index (χ3n) is 2.82. The Morgan fingerprint density at radius 3 is 2.45 bits per heavy atom. The van der Waals surface area contributed by atoms with Gasteiger partial charge in [-0.05, 0) is 24.1 Å². The fourth-order valence-corrected chi connectivity index (χ4v) is 2.54. The van der Waals surface area contributed by atoms with E-state index in [1.807, 2.05) is 0 Å². The van der Waals surface area contributed by atoms with Gasteiger partial charge in [0.05, 0.1) is 16.3 Å². The van der Waals surface area contributed by atoms with Crippen LogP contribution in [0, 0.1) is 5.82 Å². The second-order valence-electron chi connectivity index (χ2n) is 4.55. The molecule has 0 aliphatic carbocycles. The molecule has 2 aromatic rings. The summed E-state index contributed by atoms with van der Waals surface area (Å²) in [5.74, 6) is -0.737. The first kappa shape index (κ1) is 14.8. The molecule has 0 spiro atoms. The summed E-state index contributed by atoms with van der Waals surface area (Å²) < 4.78 is 13.9. The van der Waals surface area contributed by atoms with E-state index in [0.29, 0.717) is 0 Å². The molecule has 0 atom stereocenters. The van der Waals surface area contributed by atoms with Crippen molar-refractivity contribution in [3.05, 3.63) is 60.6 Å². The Hall–Kier alpha value is -1.59. The van der Waals surface area contributed by atoms with Crippen LogP contribution >= 0.6 is 23.2 Å². The molecule has 0 saturated heterocycles. The van der Waals surface area contributed by atoms with Gasteiger partial charge in [0.1, 0.15) is 11.0 Å². The number of aromatic amines is 1. The van der Waals surface area contributed by atoms with Crippen molar-refractivity contribution in [2.75, 3.05) is 0 Å². The topological polar surface area (TPSA) is 54.9 Å². The largest absolute Gasteiger partial charge is 0.334 e. The molecule has 0 saturated carbocycles. The van der Waals surface area contributed by atoms with Gasteiger partial charge in [-0.3, -0.25) is 9.78 Å². The maximum atomic E-state index is 13.1. The average molecular weight is 317 g/mol. The zero-order valence-corrected chi connectivity index (χ0v) is 12.2. The van der Waals surface area contributed by atoms with Crippen molar-refractivity contribution in [1.29, 1.82) is 0 Å². The number of aromatic nitrogens is 2. The first-order valence-corrected chi connectivity index (χ1v) is 6.58. The van der Waals surface area contributed by atoms with Gasteiger partial charge in [-0.15, -0.1) is 0 Å². The summed E-state index contributed by atoms with van der Waals surface area (Å²) in [5, 5.41) is -0.0286. The summed E-state index contributed by atoms with van der Waals surface area (Å²) in [7, 11) is 0. The molecule has 1 aromatic heterocycles. The van der Waals surface area contributed by atoms with Crippen molar-refractivity contribution in [3.63, 3.8) is 0 Å². The quantitative estimate of drug-likeness (QED) is 0.865. The Morgan fingerprint density at radius 1 is 1.25 bits per heavy atom. The molecule has 106 valence electrons. The first-order valence-electron chi connectivity index (χ1n) is 5.83. The Labute approximate surface area is 123 Å². The highest BCUT2D eigenvalue weighted by Gasteiger charge is 2.18. The van der Waals surface area contributed by atoms with Crippen LogP contribution in [-0.4, -0.2) is 9.55 Å². The second kappa shape index (κ2) is 5.42. The van der Waals surface area contributed by atoms with E-state index >= 15 is 0 Å². The summed E-state index contributed by atoms with van der Waals surface area (Å²) in [6.07, 6.45) is 0. The Bertz CT molecular complexity index is 781. The van der Waals surface area contributed by atoms with Crippen LogP contribution in [0.3, 0.4) is 0 Å². The van der Waals surface area contributed by atoms with Crippen LogP contribution in [0.4, 0.5) is 4.39 Å². The van der Waals surface area contributed by atoms with Crippen LogP contribution in [0.1, 0.15) is 25.3 Å². The summed E-state index contributed by atoms with van der Waals surface area (Å²) in [6, 6.07) is 3.43. The van der Waals surface area contributed by atoms with Gasteiger partial charge in [0.2, 0.25) is 0 Å². The smallest absolute Gasteiger partial charge is 0.297 e. The molecule has 0 aliphatic heterocycles. The maximum absolute atomic E-state index is 13.1. The van der Waals surface area contributed by atoms with Crippen LogP contribution in [0.2, 0.25) is 10.2 Å². The van der Waals surface area contributed by atoms with E-state index in [1.54, 1.807) is 13.8 Å². The maximum Gasteiger partial charge on any atom is 0.334 e. The molecule has 4 nitrogen and oxygen atoms in total. The first-order chi connectivity index (χ1) is 9.32. The summed E-state index contributed by atoms with van der Waals surface area (Å²) in [4.78, 5) is 26.7. The summed E-state index contributed by atoms with van der Waals surface area (Å²) in [5.41, 5.74) is -0.912. The van der Waals surface area contributed by atoms with Gasteiger partial charge in [0, 0.05) is 0 Å². The van der Waals surface area contributed by atoms with Crippen LogP contribution in [0.15, 0.2) is 27.8 Å². The SMILES string of the molecule is CC(C)c1c(Cl)[nH]c(=O)n(-c2ccc(F)cc2Cl)c1=O. The van der Waals surface area contributed by atoms with Crippen LogP contribution < -0.4 is 11.2 Å². The van der Waals surface area contributed by atoms with Gasteiger partial charge in [-0.2, -0.15) is 0 Å². The number of nitrogens with one attached hydrogen (secondary N) is 1. The number of rotatable bonds is 2. The highest BCUT2D eigenvalue weighted by Crippen LogP contribution is 2.21. The molecule has 0 amide bonds. The lowest BCUT2D eigenvalue weighted by Gasteiger charge is -2.12. The number of H-pyrrole nitrogens is 1. The number of nitrogens with zero attached hydrogens (tertiary/aromatic N) is 1. The van der Waals surface area contributed by atoms with Crippen molar-refractivity contribution >= 4 is 23.2 Å². The molecule has 20 heavy (non-hydrogen) atoms. The molecule has 0 radical (unpaired) electrons. The van der Waals surface area contributed by atoms with Gasteiger partial charge >= 0.3 is 5.69 Å².